The summed E-state index contributed by atoms with van der Waals surface area (Å²) in [6.45, 7) is 2.41. The van der Waals surface area contributed by atoms with Crippen LogP contribution in [0.25, 0.3) is 0 Å². The highest BCUT2D eigenvalue weighted by Gasteiger charge is 2.28. The molecule has 1 aromatic rings. The number of benzene rings is 1. The molecule has 1 heterocycles. The predicted molar refractivity (Wildman–Crippen MR) is 63.6 cm³/mol. The first-order valence-corrected chi connectivity index (χ1v) is 6.02. The lowest BCUT2D eigenvalue weighted by molar-refractivity contribution is -0.122. The van der Waals surface area contributed by atoms with E-state index in [1.807, 2.05) is 6.92 Å². The van der Waals surface area contributed by atoms with Gasteiger partial charge in [0.1, 0.15) is 11.6 Å². The third kappa shape index (κ3) is 3.05. The molecule has 2 rings (SSSR count). The van der Waals surface area contributed by atoms with Crippen LogP contribution in [-0.2, 0) is 16.0 Å². The SMILES string of the molecule is CC1CC(C(=O)Cc2cc(F)ccc2Cl)CO1. The van der Waals surface area contributed by atoms with Gasteiger partial charge in [0.25, 0.3) is 0 Å². The molecule has 1 fully saturated rings. The number of ether oxygens (including phenoxy) is 1. The number of ketones is 1. The van der Waals surface area contributed by atoms with Gasteiger partial charge < -0.3 is 4.74 Å². The fourth-order valence-corrected chi connectivity index (χ4v) is 2.24. The zero-order valence-corrected chi connectivity index (χ0v) is 10.3. The first-order chi connectivity index (χ1) is 8.06. The molecular formula is C13H14ClFO2. The van der Waals surface area contributed by atoms with Crippen LogP contribution in [0.3, 0.4) is 0 Å². The van der Waals surface area contributed by atoms with Crippen LogP contribution in [0.4, 0.5) is 4.39 Å². The molecule has 0 bridgehead atoms. The number of carbonyl (C=O) groups excluding carboxylic acids is 1. The topological polar surface area (TPSA) is 26.3 Å². The van der Waals surface area contributed by atoms with Crippen molar-refractivity contribution < 1.29 is 13.9 Å². The Balaban J connectivity index is 2.05. The molecule has 0 spiro atoms. The van der Waals surface area contributed by atoms with Crippen molar-refractivity contribution in [1.82, 2.24) is 0 Å². The molecule has 0 aromatic heterocycles. The third-order valence-electron chi connectivity index (χ3n) is 3.03. The van der Waals surface area contributed by atoms with E-state index in [1.165, 1.54) is 18.2 Å². The van der Waals surface area contributed by atoms with Gasteiger partial charge in [0.05, 0.1) is 12.7 Å². The van der Waals surface area contributed by atoms with Crippen LogP contribution in [0.1, 0.15) is 18.9 Å². The van der Waals surface area contributed by atoms with E-state index in [0.717, 1.165) is 6.42 Å². The van der Waals surface area contributed by atoms with Crippen molar-refractivity contribution in [2.24, 2.45) is 5.92 Å². The molecule has 0 aliphatic carbocycles. The standard InChI is InChI=1S/C13H14ClFO2/c1-8-4-10(7-17-8)13(16)6-9-5-11(15)2-3-12(9)14/h2-3,5,8,10H,4,6-7H2,1H3. The molecule has 0 radical (unpaired) electrons. The van der Waals surface area contributed by atoms with Gasteiger partial charge in [-0.05, 0) is 37.1 Å². The quantitative estimate of drug-likeness (QED) is 0.831. The van der Waals surface area contributed by atoms with E-state index in [4.69, 9.17) is 16.3 Å². The zero-order valence-electron chi connectivity index (χ0n) is 9.58. The number of hydrogen-bond donors (Lipinski definition) is 0. The maximum atomic E-state index is 13.0. The Kier molecular flexibility index (Phi) is 3.79. The van der Waals surface area contributed by atoms with Crippen LogP contribution in [0.5, 0.6) is 0 Å². The highest BCUT2D eigenvalue weighted by Crippen LogP contribution is 2.24. The summed E-state index contributed by atoms with van der Waals surface area (Å²) in [4.78, 5) is 12.0. The Hall–Kier alpha value is -0.930. The van der Waals surface area contributed by atoms with E-state index in [9.17, 15) is 9.18 Å². The van der Waals surface area contributed by atoms with Crippen LogP contribution in [-0.4, -0.2) is 18.5 Å². The molecule has 0 saturated carbocycles. The van der Waals surface area contributed by atoms with E-state index in [1.54, 1.807) is 0 Å². The summed E-state index contributed by atoms with van der Waals surface area (Å²) < 4.78 is 18.4. The molecule has 92 valence electrons. The maximum Gasteiger partial charge on any atom is 0.142 e. The Morgan fingerprint density at radius 2 is 2.35 bits per heavy atom. The van der Waals surface area contributed by atoms with Crippen molar-refractivity contribution in [3.63, 3.8) is 0 Å². The van der Waals surface area contributed by atoms with Crippen LogP contribution in [0.15, 0.2) is 18.2 Å². The van der Waals surface area contributed by atoms with E-state index >= 15 is 0 Å². The van der Waals surface area contributed by atoms with Crippen LogP contribution in [0.2, 0.25) is 5.02 Å². The average molecular weight is 257 g/mol. The molecule has 1 aliphatic rings. The Morgan fingerprint density at radius 3 is 3.00 bits per heavy atom. The smallest absolute Gasteiger partial charge is 0.142 e. The van der Waals surface area contributed by atoms with Crippen molar-refractivity contribution in [2.75, 3.05) is 6.61 Å². The minimum Gasteiger partial charge on any atom is -0.378 e. The summed E-state index contributed by atoms with van der Waals surface area (Å²) in [7, 11) is 0. The van der Waals surface area contributed by atoms with Crippen molar-refractivity contribution in [3.05, 3.63) is 34.6 Å². The van der Waals surface area contributed by atoms with Crippen molar-refractivity contribution in [1.29, 1.82) is 0 Å². The summed E-state index contributed by atoms with van der Waals surface area (Å²) in [6.07, 6.45) is 1.05. The van der Waals surface area contributed by atoms with Gasteiger partial charge in [-0.3, -0.25) is 4.79 Å². The minimum absolute atomic E-state index is 0.0712. The fraction of sp³-hybridized carbons (Fsp3) is 0.462. The van der Waals surface area contributed by atoms with Crippen LogP contribution >= 0.6 is 11.6 Å². The van der Waals surface area contributed by atoms with E-state index in [-0.39, 0.29) is 30.0 Å². The van der Waals surface area contributed by atoms with Gasteiger partial charge in [0.2, 0.25) is 0 Å². The molecule has 1 saturated heterocycles. The molecule has 0 N–H and O–H groups in total. The molecule has 1 aromatic carbocycles. The fourth-order valence-electron chi connectivity index (χ4n) is 2.05. The molecule has 17 heavy (non-hydrogen) atoms. The Labute approximate surface area is 105 Å². The molecule has 2 unspecified atom stereocenters. The molecule has 2 atom stereocenters. The zero-order chi connectivity index (χ0) is 12.4. The molecule has 0 amide bonds. The van der Waals surface area contributed by atoms with Crippen molar-refractivity contribution in [3.8, 4) is 0 Å². The average Bonchev–Trinajstić information content (AvgIpc) is 2.70. The van der Waals surface area contributed by atoms with E-state index in [2.05, 4.69) is 0 Å². The Bertz CT molecular complexity index is 433. The van der Waals surface area contributed by atoms with Crippen molar-refractivity contribution in [2.45, 2.75) is 25.9 Å². The number of hydrogen-bond acceptors (Lipinski definition) is 2. The van der Waals surface area contributed by atoms with Crippen molar-refractivity contribution >= 4 is 17.4 Å². The first-order valence-electron chi connectivity index (χ1n) is 5.64. The number of rotatable bonds is 3. The van der Waals surface area contributed by atoms with Gasteiger partial charge in [0, 0.05) is 17.4 Å². The summed E-state index contributed by atoms with van der Waals surface area (Å²) >= 11 is 5.93. The molecule has 1 aliphatic heterocycles. The molecule has 2 nitrogen and oxygen atoms in total. The second-order valence-electron chi connectivity index (χ2n) is 4.46. The normalized spacial score (nSPS) is 23.9. The van der Waals surface area contributed by atoms with Gasteiger partial charge in [-0.15, -0.1) is 0 Å². The lowest BCUT2D eigenvalue weighted by Gasteiger charge is -2.08. The number of halogens is 2. The van der Waals surface area contributed by atoms with Gasteiger partial charge in [-0.25, -0.2) is 4.39 Å². The van der Waals surface area contributed by atoms with Crippen LogP contribution in [0, 0.1) is 11.7 Å². The first kappa shape index (κ1) is 12.5. The molecule has 4 heteroatoms. The second-order valence-corrected chi connectivity index (χ2v) is 4.86. The Morgan fingerprint density at radius 1 is 1.59 bits per heavy atom. The van der Waals surface area contributed by atoms with Gasteiger partial charge >= 0.3 is 0 Å². The van der Waals surface area contributed by atoms with Gasteiger partial charge in [0.15, 0.2) is 0 Å². The highest BCUT2D eigenvalue weighted by atomic mass is 35.5. The summed E-state index contributed by atoms with van der Waals surface area (Å²) in [5.74, 6) is -0.376. The highest BCUT2D eigenvalue weighted by molar-refractivity contribution is 6.31. The van der Waals surface area contributed by atoms with E-state index < -0.39 is 0 Å². The number of Topliss-reactive ketones (excluding diaryl/α,β-unsaturated/α-hetero) is 1. The molecular weight excluding hydrogens is 243 g/mol. The predicted octanol–water partition coefficient (Wildman–Crippen LogP) is 3.02. The van der Waals surface area contributed by atoms with Crippen LogP contribution < -0.4 is 0 Å². The minimum atomic E-state index is -0.367. The van der Waals surface area contributed by atoms with Gasteiger partial charge in [-0.1, -0.05) is 11.6 Å². The summed E-state index contributed by atoms with van der Waals surface area (Å²) in [6, 6.07) is 4.09. The van der Waals surface area contributed by atoms with E-state index in [0.29, 0.717) is 17.2 Å². The lowest BCUT2D eigenvalue weighted by Crippen LogP contribution is -2.17. The maximum absolute atomic E-state index is 13.0. The van der Waals surface area contributed by atoms with Gasteiger partial charge in [-0.2, -0.15) is 0 Å². The lowest BCUT2D eigenvalue weighted by atomic mass is 9.96. The second kappa shape index (κ2) is 5.15. The third-order valence-corrected chi connectivity index (χ3v) is 3.39. The summed E-state index contributed by atoms with van der Waals surface area (Å²) in [5.41, 5.74) is 0.552. The largest absolute Gasteiger partial charge is 0.378 e. The number of carbonyl (C=O) groups is 1. The monoisotopic (exact) mass is 256 g/mol. The summed E-state index contributed by atoms with van der Waals surface area (Å²) in [5, 5.41) is 0.437.